The smallest absolute Gasteiger partial charge is 0.445 e. The van der Waals surface area contributed by atoms with Gasteiger partial charge in [-0.05, 0) is 30.5 Å². The fraction of sp³-hybridized carbons (Fsp3) is 0.350. The molecule has 1 aromatic carbocycles. The summed E-state index contributed by atoms with van der Waals surface area (Å²) in [6.07, 6.45) is -2.42. The summed E-state index contributed by atoms with van der Waals surface area (Å²) in [4.78, 5) is 21.8. The normalized spacial score (nSPS) is 17.1. The summed E-state index contributed by atoms with van der Waals surface area (Å²) in [6.45, 7) is 0.523. The van der Waals surface area contributed by atoms with Gasteiger partial charge in [0.15, 0.2) is 5.65 Å². The predicted octanol–water partition coefficient (Wildman–Crippen LogP) is 4.25. The fourth-order valence-electron chi connectivity index (χ4n) is 3.63. The van der Waals surface area contributed by atoms with Crippen molar-refractivity contribution in [2.75, 3.05) is 6.54 Å². The number of alkyl halides is 3. The Bertz CT molecular complexity index is 1000. The molecule has 0 saturated carbocycles. The van der Waals surface area contributed by atoms with E-state index in [0.717, 1.165) is 10.1 Å². The van der Waals surface area contributed by atoms with E-state index in [0.29, 0.717) is 19.4 Å². The standard InChI is InChI=1S/C20H19F3N4O2/c21-20(22,23)18-25-16-9-4-10-24-17(16)27(18)12-15-8-5-11-26(15)19(28)29-13-14-6-2-1-3-7-14/h1-4,6-7,9-10,15H,5,8,11-13H2. The molecule has 3 heterocycles. The summed E-state index contributed by atoms with van der Waals surface area (Å²) in [5, 5.41) is 0. The van der Waals surface area contributed by atoms with E-state index in [9.17, 15) is 18.0 Å². The van der Waals surface area contributed by atoms with Gasteiger partial charge in [0.2, 0.25) is 5.82 Å². The zero-order valence-electron chi connectivity index (χ0n) is 15.5. The number of pyridine rings is 1. The Hall–Kier alpha value is -3.10. The Morgan fingerprint density at radius 1 is 1.17 bits per heavy atom. The largest absolute Gasteiger partial charge is 0.449 e. The molecule has 29 heavy (non-hydrogen) atoms. The minimum Gasteiger partial charge on any atom is -0.445 e. The van der Waals surface area contributed by atoms with Gasteiger partial charge in [-0.3, -0.25) is 0 Å². The number of carbonyl (C=O) groups excluding carboxylic acids is 1. The van der Waals surface area contributed by atoms with Crippen LogP contribution in [0.5, 0.6) is 0 Å². The van der Waals surface area contributed by atoms with Crippen LogP contribution < -0.4 is 0 Å². The average Bonchev–Trinajstić information content (AvgIpc) is 3.32. The highest BCUT2D eigenvalue weighted by Crippen LogP contribution is 2.32. The van der Waals surface area contributed by atoms with Crippen LogP contribution in [0, 0.1) is 0 Å². The Labute approximate surface area is 164 Å². The number of fused-ring (bicyclic) bond motifs is 1. The van der Waals surface area contributed by atoms with Crippen molar-refractivity contribution in [2.24, 2.45) is 0 Å². The minimum absolute atomic E-state index is 0.0389. The minimum atomic E-state index is -4.61. The molecular formula is C20H19F3N4O2. The molecule has 0 radical (unpaired) electrons. The molecule has 6 nitrogen and oxygen atoms in total. The Balaban J connectivity index is 1.53. The van der Waals surface area contributed by atoms with E-state index in [1.807, 2.05) is 30.3 Å². The number of benzene rings is 1. The molecule has 0 aliphatic carbocycles. The number of ether oxygens (including phenoxy) is 1. The molecule has 3 aromatic rings. The van der Waals surface area contributed by atoms with Crippen molar-refractivity contribution in [2.45, 2.75) is 38.2 Å². The van der Waals surface area contributed by atoms with Gasteiger partial charge >= 0.3 is 12.3 Å². The Morgan fingerprint density at radius 3 is 2.72 bits per heavy atom. The number of aromatic nitrogens is 3. The number of carbonyl (C=O) groups is 1. The molecule has 9 heteroatoms. The maximum atomic E-state index is 13.5. The molecule has 1 aliphatic rings. The van der Waals surface area contributed by atoms with E-state index >= 15 is 0 Å². The molecular weight excluding hydrogens is 385 g/mol. The number of hydrogen-bond acceptors (Lipinski definition) is 4. The topological polar surface area (TPSA) is 60.2 Å². The number of nitrogens with zero attached hydrogens (tertiary/aromatic N) is 4. The number of halogens is 3. The number of rotatable bonds is 4. The molecule has 1 atom stereocenters. The van der Waals surface area contributed by atoms with Crippen molar-refractivity contribution in [3.63, 3.8) is 0 Å². The van der Waals surface area contributed by atoms with Crippen LogP contribution in [0.25, 0.3) is 11.2 Å². The molecule has 1 saturated heterocycles. The van der Waals surface area contributed by atoms with Crippen molar-refractivity contribution in [1.29, 1.82) is 0 Å². The van der Waals surface area contributed by atoms with Gasteiger partial charge in [0.25, 0.3) is 0 Å². The molecule has 1 fully saturated rings. The van der Waals surface area contributed by atoms with Crippen LogP contribution in [-0.4, -0.2) is 38.1 Å². The van der Waals surface area contributed by atoms with E-state index in [4.69, 9.17) is 4.74 Å². The van der Waals surface area contributed by atoms with E-state index in [-0.39, 0.29) is 24.3 Å². The number of likely N-dealkylation sites (tertiary alicyclic amines) is 1. The summed E-state index contributed by atoms with van der Waals surface area (Å²) in [6, 6.07) is 11.9. The van der Waals surface area contributed by atoms with Crippen LogP contribution in [0.15, 0.2) is 48.7 Å². The third-order valence-electron chi connectivity index (χ3n) is 4.97. The monoisotopic (exact) mass is 404 g/mol. The Kier molecular flexibility index (Phi) is 5.12. The van der Waals surface area contributed by atoms with E-state index in [1.54, 1.807) is 6.07 Å². The predicted molar refractivity (Wildman–Crippen MR) is 98.9 cm³/mol. The summed E-state index contributed by atoms with van der Waals surface area (Å²) in [5.41, 5.74) is 1.18. The van der Waals surface area contributed by atoms with Crippen molar-refractivity contribution < 1.29 is 22.7 Å². The quantitative estimate of drug-likeness (QED) is 0.652. The first-order valence-corrected chi connectivity index (χ1v) is 9.29. The molecule has 4 rings (SSSR count). The maximum Gasteiger partial charge on any atom is 0.449 e. The van der Waals surface area contributed by atoms with E-state index in [1.165, 1.54) is 17.2 Å². The van der Waals surface area contributed by atoms with Gasteiger partial charge < -0.3 is 14.2 Å². The van der Waals surface area contributed by atoms with Crippen LogP contribution >= 0.6 is 0 Å². The first-order valence-electron chi connectivity index (χ1n) is 9.29. The lowest BCUT2D eigenvalue weighted by Gasteiger charge is -2.25. The highest BCUT2D eigenvalue weighted by Gasteiger charge is 2.40. The third kappa shape index (κ3) is 4.03. The van der Waals surface area contributed by atoms with E-state index < -0.39 is 24.1 Å². The summed E-state index contributed by atoms with van der Waals surface area (Å²) < 4.78 is 47.0. The van der Waals surface area contributed by atoms with Crippen molar-refractivity contribution >= 4 is 17.3 Å². The maximum absolute atomic E-state index is 13.5. The SMILES string of the molecule is O=C(OCc1ccccc1)N1CCCC1Cn1c(C(F)(F)F)nc2cccnc21. The van der Waals surface area contributed by atoms with Crippen LogP contribution in [0.3, 0.4) is 0 Å². The van der Waals surface area contributed by atoms with Crippen LogP contribution in [0.1, 0.15) is 24.2 Å². The zero-order chi connectivity index (χ0) is 20.4. The van der Waals surface area contributed by atoms with Crippen LogP contribution in [0.4, 0.5) is 18.0 Å². The zero-order valence-corrected chi connectivity index (χ0v) is 15.5. The average molecular weight is 404 g/mol. The molecule has 2 aromatic heterocycles. The van der Waals surface area contributed by atoms with Crippen LogP contribution in [0.2, 0.25) is 0 Å². The molecule has 0 N–H and O–H groups in total. The van der Waals surface area contributed by atoms with Gasteiger partial charge in [-0.25, -0.2) is 14.8 Å². The van der Waals surface area contributed by atoms with Gasteiger partial charge in [0, 0.05) is 19.3 Å². The second-order valence-corrected chi connectivity index (χ2v) is 6.92. The molecule has 1 unspecified atom stereocenters. The fourth-order valence-corrected chi connectivity index (χ4v) is 3.63. The first kappa shape index (κ1) is 19.2. The summed E-state index contributed by atoms with van der Waals surface area (Å²) in [7, 11) is 0. The van der Waals surface area contributed by atoms with Gasteiger partial charge in [0.05, 0.1) is 6.04 Å². The van der Waals surface area contributed by atoms with Crippen LogP contribution in [-0.2, 0) is 24.1 Å². The van der Waals surface area contributed by atoms with Crippen molar-refractivity contribution in [1.82, 2.24) is 19.4 Å². The van der Waals surface area contributed by atoms with E-state index in [2.05, 4.69) is 9.97 Å². The number of hydrogen-bond donors (Lipinski definition) is 0. The van der Waals surface area contributed by atoms with Crippen molar-refractivity contribution in [3.8, 4) is 0 Å². The second-order valence-electron chi connectivity index (χ2n) is 6.92. The highest BCUT2D eigenvalue weighted by atomic mass is 19.4. The first-order chi connectivity index (χ1) is 13.9. The molecule has 1 amide bonds. The molecule has 0 spiro atoms. The van der Waals surface area contributed by atoms with Gasteiger partial charge in [0.1, 0.15) is 12.1 Å². The lowest BCUT2D eigenvalue weighted by atomic mass is 10.2. The molecule has 0 bridgehead atoms. The third-order valence-corrected chi connectivity index (χ3v) is 4.97. The lowest BCUT2D eigenvalue weighted by Crippen LogP contribution is -2.39. The highest BCUT2D eigenvalue weighted by molar-refractivity contribution is 5.71. The Morgan fingerprint density at radius 2 is 1.97 bits per heavy atom. The number of amides is 1. The van der Waals surface area contributed by atoms with Gasteiger partial charge in [-0.1, -0.05) is 30.3 Å². The lowest BCUT2D eigenvalue weighted by molar-refractivity contribution is -0.147. The summed E-state index contributed by atoms with van der Waals surface area (Å²) in [5.74, 6) is -1.00. The second kappa shape index (κ2) is 7.73. The number of imidazole rings is 1. The molecule has 1 aliphatic heterocycles. The van der Waals surface area contributed by atoms with Gasteiger partial charge in [-0.15, -0.1) is 0 Å². The summed E-state index contributed by atoms with van der Waals surface area (Å²) >= 11 is 0. The molecule has 152 valence electrons. The van der Waals surface area contributed by atoms with Gasteiger partial charge in [-0.2, -0.15) is 13.2 Å². The van der Waals surface area contributed by atoms with Crippen molar-refractivity contribution in [3.05, 3.63) is 60.0 Å².